The van der Waals surface area contributed by atoms with Crippen LogP contribution in [-0.2, 0) is 16.0 Å². The number of aryl methyl sites for hydroxylation is 1. The molecule has 5 heteroatoms. The Morgan fingerprint density at radius 1 is 0.931 bits per heavy atom. The number of hydrogen-bond acceptors (Lipinski definition) is 2. The standard InChI is InChI=1S/C24H27F3O2/c1-2-3-4-17-5-7-18(8-6-17)19-9-11-20(12-10-19)21-13-15-22(16-14-21)29-23(28)24(25,26)27/h5-12,21-22H,2-4,13-16H2,1H3. The average molecular weight is 404 g/mol. The SMILES string of the molecule is CCCCc1ccc(-c2ccc(C3CCC(OC(=O)C(F)(F)F)CC3)cc2)cc1. The molecule has 0 saturated heterocycles. The van der Waals surface area contributed by atoms with Gasteiger partial charge in [0.1, 0.15) is 6.10 Å². The summed E-state index contributed by atoms with van der Waals surface area (Å²) in [4.78, 5) is 11.0. The fraction of sp³-hybridized carbons (Fsp3) is 0.458. The zero-order valence-corrected chi connectivity index (χ0v) is 16.7. The third-order valence-electron chi connectivity index (χ3n) is 5.67. The van der Waals surface area contributed by atoms with Crippen LogP contribution in [0.3, 0.4) is 0 Å². The van der Waals surface area contributed by atoms with Crippen molar-refractivity contribution in [3.63, 3.8) is 0 Å². The van der Waals surface area contributed by atoms with Crippen LogP contribution in [0.15, 0.2) is 48.5 Å². The van der Waals surface area contributed by atoms with Gasteiger partial charge in [0.2, 0.25) is 0 Å². The van der Waals surface area contributed by atoms with Crippen LogP contribution in [0.5, 0.6) is 0 Å². The summed E-state index contributed by atoms with van der Waals surface area (Å²) in [5, 5.41) is 0. The molecule has 2 nitrogen and oxygen atoms in total. The van der Waals surface area contributed by atoms with Gasteiger partial charge in [0.05, 0.1) is 0 Å². The molecule has 1 fully saturated rings. The van der Waals surface area contributed by atoms with Crippen LogP contribution in [0, 0.1) is 0 Å². The van der Waals surface area contributed by atoms with E-state index in [9.17, 15) is 18.0 Å². The highest BCUT2D eigenvalue weighted by Crippen LogP contribution is 2.35. The predicted octanol–water partition coefficient (Wildman–Crippen LogP) is 6.83. The van der Waals surface area contributed by atoms with Gasteiger partial charge in [0.15, 0.2) is 0 Å². The minimum atomic E-state index is -4.92. The Kier molecular flexibility index (Phi) is 6.99. The molecule has 3 rings (SSSR count). The molecule has 2 aromatic rings. The van der Waals surface area contributed by atoms with Crippen molar-refractivity contribution in [3.05, 3.63) is 59.7 Å². The minimum absolute atomic E-state index is 0.293. The van der Waals surface area contributed by atoms with Gasteiger partial charge in [0, 0.05) is 0 Å². The Balaban J connectivity index is 1.55. The number of carbonyl (C=O) groups is 1. The molecule has 2 aromatic carbocycles. The van der Waals surface area contributed by atoms with E-state index in [1.54, 1.807) is 0 Å². The number of rotatable bonds is 6. The van der Waals surface area contributed by atoms with Gasteiger partial charge >= 0.3 is 12.1 Å². The first-order valence-electron chi connectivity index (χ1n) is 10.3. The fourth-order valence-electron chi connectivity index (χ4n) is 3.92. The van der Waals surface area contributed by atoms with Crippen LogP contribution in [0.25, 0.3) is 11.1 Å². The van der Waals surface area contributed by atoms with Crippen molar-refractivity contribution in [1.29, 1.82) is 0 Å². The number of benzene rings is 2. The van der Waals surface area contributed by atoms with E-state index in [0.29, 0.717) is 18.8 Å². The molecule has 1 saturated carbocycles. The quantitative estimate of drug-likeness (QED) is 0.493. The summed E-state index contributed by atoms with van der Waals surface area (Å²) in [6, 6.07) is 17.1. The average Bonchev–Trinajstić information content (AvgIpc) is 2.73. The molecule has 0 radical (unpaired) electrons. The van der Waals surface area contributed by atoms with Gasteiger partial charge in [-0.3, -0.25) is 0 Å². The second kappa shape index (κ2) is 9.47. The van der Waals surface area contributed by atoms with Crippen LogP contribution >= 0.6 is 0 Å². The molecule has 0 bridgehead atoms. The summed E-state index contributed by atoms with van der Waals surface area (Å²) in [6.45, 7) is 2.19. The zero-order chi connectivity index (χ0) is 20.9. The van der Waals surface area contributed by atoms with Crippen LogP contribution in [0.2, 0.25) is 0 Å². The van der Waals surface area contributed by atoms with E-state index in [0.717, 1.165) is 24.8 Å². The Hall–Kier alpha value is -2.30. The Labute approximate surface area is 170 Å². The minimum Gasteiger partial charge on any atom is -0.456 e. The van der Waals surface area contributed by atoms with Gasteiger partial charge in [-0.15, -0.1) is 0 Å². The second-order valence-corrected chi connectivity index (χ2v) is 7.80. The number of halogens is 3. The van der Waals surface area contributed by atoms with E-state index in [1.165, 1.54) is 29.5 Å². The van der Waals surface area contributed by atoms with Crippen molar-refractivity contribution in [2.24, 2.45) is 0 Å². The predicted molar refractivity (Wildman–Crippen MR) is 108 cm³/mol. The van der Waals surface area contributed by atoms with Gasteiger partial charge in [-0.25, -0.2) is 4.79 Å². The molecule has 0 aliphatic heterocycles. The lowest BCUT2D eigenvalue weighted by Crippen LogP contribution is -2.32. The maximum Gasteiger partial charge on any atom is 0.490 e. The molecule has 0 amide bonds. The maximum absolute atomic E-state index is 12.3. The van der Waals surface area contributed by atoms with Gasteiger partial charge in [-0.2, -0.15) is 13.2 Å². The first-order chi connectivity index (χ1) is 13.9. The van der Waals surface area contributed by atoms with Crippen molar-refractivity contribution >= 4 is 5.97 Å². The van der Waals surface area contributed by atoms with Gasteiger partial charge < -0.3 is 4.74 Å². The number of carbonyl (C=O) groups excluding carboxylic acids is 1. The molecule has 0 atom stereocenters. The van der Waals surface area contributed by atoms with Crippen LogP contribution in [0.4, 0.5) is 13.2 Å². The van der Waals surface area contributed by atoms with E-state index < -0.39 is 18.2 Å². The Morgan fingerprint density at radius 2 is 1.48 bits per heavy atom. The molecule has 156 valence electrons. The van der Waals surface area contributed by atoms with E-state index in [1.807, 2.05) is 0 Å². The monoisotopic (exact) mass is 404 g/mol. The molecule has 0 spiro atoms. The summed E-state index contributed by atoms with van der Waals surface area (Å²) in [7, 11) is 0. The fourth-order valence-corrected chi connectivity index (χ4v) is 3.92. The normalized spacial score (nSPS) is 19.7. The summed E-state index contributed by atoms with van der Waals surface area (Å²) in [5.41, 5.74) is 4.88. The molecule has 0 heterocycles. The zero-order valence-electron chi connectivity index (χ0n) is 16.7. The van der Waals surface area contributed by atoms with Crippen molar-refractivity contribution in [2.75, 3.05) is 0 Å². The van der Waals surface area contributed by atoms with Crippen LogP contribution in [-0.4, -0.2) is 18.2 Å². The number of hydrogen-bond donors (Lipinski definition) is 0. The summed E-state index contributed by atoms with van der Waals surface area (Å²) in [6.07, 6.45) is 0.327. The third-order valence-corrected chi connectivity index (χ3v) is 5.67. The van der Waals surface area contributed by atoms with Gasteiger partial charge in [-0.1, -0.05) is 61.9 Å². The van der Waals surface area contributed by atoms with Gasteiger partial charge in [-0.05, 0) is 66.7 Å². The van der Waals surface area contributed by atoms with Crippen molar-refractivity contribution in [1.82, 2.24) is 0 Å². The van der Waals surface area contributed by atoms with E-state index in [4.69, 9.17) is 0 Å². The van der Waals surface area contributed by atoms with Crippen molar-refractivity contribution in [3.8, 4) is 11.1 Å². The molecule has 1 aliphatic carbocycles. The molecule has 0 aromatic heterocycles. The summed E-state index contributed by atoms with van der Waals surface area (Å²) in [5.74, 6) is -1.78. The molecular weight excluding hydrogens is 377 g/mol. The van der Waals surface area contributed by atoms with E-state index in [-0.39, 0.29) is 0 Å². The first-order valence-corrected chi connectivity index (χ1v) is 10.3. The highest BCUT2D eigenvalue weighted by molar-refractivity contribution is 5.75. The van der Waals surface area contributed by atoms with Crippen molar-refractivity contribution < 1.29 is 22.7 Å². The highest BCUT2D eigenvalue weighted by atomic mass is 19.4. The smallest absolute Gasteiger partial charge is 0.456 e. The summed E-state index contributed by atoms with van der Waals surface area (Å²) >= 11 is 0. The lowest BCUT2D eigenvalue weighted by molar-refractivity contribution is -0.206. The maximum atomic E-state index is 12.3. The number of alkyl halides is 3. The number of esters is 1. The lowest BCUT2D eigenvalue weighted by atomic mass is 9.82. The van der Waals surface area contributed by atoms with Gasteiger partial charge in [0.25, 0.3) is 0 Å². The molecule has 0 N–H and O–H groups in total. The molecule has 29 heavy (non-hydrogen) atoms. The highest BCUT2D eigenvalue weighted by Gasteiger charge is 2.42. The van der Waals surface area contributed by atoms with E-state index in [2.05, 4.69) is 60.2 Å². The lowest BCUT2D eigenvalue weighted by Gasteiger charge is -2.28. The first kappa shape index (κ1) is 21.4. The van der Waals surface area contributed by atoms with Crippen LogP contribution < -0.4 is 0 Å². The largest absolute Gasteiger partial charge is 0.490 e. The summed E-state index contributed by atoms with van der Waals surface area (Å²) < 4.78 is 41.6. The van der Waals surface area contributed by atoms with Crippen molar-refractivity contribution in [2.45, 2.75) is 70.1 Å². The molecule has 0 unspecified atom stereocenters. The Bertz CT molecular complexity index is 786. The third kappa shape index (κ3) is 5.84. The number of ether oxygens (including phenoxy) is 1. The van der Waals surface area contributed by atoms with E-state index >= 15 is 0 Å². The number of unbranched alkanes of at least 4 members (excludes halogenated alkanes) is 1. The second-order valence-electron chi connectivity index (χ2n) is 7.80. The molecular formula is C24H27F3O2. The Morgan fingerprint density at radius 3 is 2.00 bits per heavy atom. The molecule has 1 aliphatic rings. The topological polar surface area (TPSA) is 26.3 Å². The van der Waals surface area contributed by atoms with Crippen LogP contribution in [0.1, 0.15) is 62.5 Å².